The van der Waals surface area contributed by atoms with Crippen molar-refractivity contribution in [3.05, 3.63) is 27.5 Å². The molecule has 20 heavy (non-hydrogen) atoms. The van der Waals surface area contributed by atoms with Crippen molar-refractivity contribution >= 4 is 23.0 Å². The first-order valence-corrected chi connectivity index (χ1v) is 7.45. The van der Waals surface area contributed by atoms with Crippen LogP contribution in [0.2, 0.25) is 0 Å². The Morgan fingerprint density at radius 2 is 2.00 bits per heavy atom. The maximum absolute atomic E-state index is 5.52. The van der Waals surface area contributed by atoms with Crippen molar-refractivity contribution in [1.82, 2.24) is 15.0 Å². The molecular formula is C13H20N6S. The summed E-state index contributed by atoms with van der Waals surface area (Å²) in [6, 6.07) is 0. The van der Waals surface area contributed by atoms with Gasteiger partial charge in [-0.15, -0.1) is 11.3 Å². The summed E-state index contributed by atoms with van der Waals surface area (Å²) < 4.78 is 0. The number of nitrogen functional groups attached to an aromatic ring is 1. The molecule has 0 bridgehead atoms. The lowest BCUT2D eigenvalue weighted by atomic mass is 10.2. The maximum Gasteiger partial charge on any atom is 0.148 e. The molecule has 0 aromatic carbocycles. The van der Waals surface area contributed by atoms with Crippen LogP contribution in [0, 0.1) is 13.8 Å². The van der Waals surface area contributed by atoms with E-state index in [0.717, 1.165) is 35.1 Å². The third-order valence-corrected chi connectivity index (χ3v) is 3.81. The van der Waals surface area contributed by atoms with E-state index in [-0.39, 0.29) is 0 Å². The molecule has 0 amide bonds. The molecule has 0 saturated heterocycles. The highest BCUT2D eigenvalue weighted by molar-refractivity contribution is 7.11. The van der Waals surface area contributed by atoms with Crippen LogP contribution in [0.15, 0.2) is 6.20 Å². The number of thiazole rings is 1. The zero-order valence-electron chi connectivity index (χ0n) is 12.0. The number of hydrazine groups is 1. The lowest BCUT2D eigenvalue weighted by molar-refractivity contribution is 0.830. The molecule has 0 aliphatic rings. The van der Waals surface area contributed by atoms with E-state index < -0.39 is 0 Å². The zero-order valence-corrected chi connectivity index (χ0v) is 12.8. The minimum atomic E-state index is 0.673. The average Bonchev–Trinajstić information content (AvgIpc) is 2.85. The largest absolute Gasteiger partial charge is 0.365 e. The van der Waals surface area contributed by atoms with E-state index in [1.165, 1.54) is 4.88 Å². The minimum Gasteiger partial charge on any atom is -0.365 e. The maximum atomic E-state index is 5.52. The number of nitrogens with zero attached hydrogens (tertiary/aromatic N) is 3. The number of hydrogen-bond acceptors (Lipinski definition) is 7. The lowest BCUT2D eigenvalue weighted by Gasteiger charge is -2.12. The Kier molecular flexibility index (Phi) is 4.86. The summed E-state index contributed by atoms with van der Waals surface area (Å²) in [6.07, 6.45) is 3.72. The van der Waals surface area contributed by atoms with Gasteiger partial charge < -0.3 is 10.7 Å². The second-order valence-electron chi connectivity index (χ2n) is 4.56. The third-order valence-electron chi connectivity index (χ3n) is 2.90. The number of aromatic nitrogens is 3. The van der Waals surface area contributed by atoms with E-state index in [2.05, 4.69) is 32.6 Å². The van der Waals surface area contributed by atoms with E-state index in [9.17, 15) is 0 Å². The number of nitrogens with two attached hydrogens (primary N) is 1. The Labute approximate surface area is 122 Å². The van der Waals surface area contributed by atoms with Crippen molar-refractivity contribution in [3.63, 3.8) is 0 Å². The number of aryl methyl sites for hydroxylation is 2. The summed E-state index contributed by atoms with van der Waals surface area (Å²) in [5, 5.41) is 4.41. The van der Waals surface area contributed by atoms with E-state index >= 15 is 0 Å². The molecule has 6 nitrogen and oxygen atoms in total. The standard InChI is InChI=1S/C13H20N6S/c1-4-5-11-17-12(8(2)13(18-11)19-14)16-7-10-6-15-9(3)20-10/h6H,4-5,7,14H2,1-3H3,(H2,16,17,18,19). The van der Waals surface area contributed by atoms with Crippen LogP contribution in [0.3, 0.4) is 0 Å². The quantitative estimate of drug-likeness (QED) is 0.559. The van der Waals surface area contributed by atoms with Crippen molar-refractivity contribution in [2.75, 3.05) is 10.7 Å². The number of anilines is 2. The third kappa shape index (κ3) is 3.43. The molecule has 7 heteroatoms. The summed E-state index contributed by atoms with van der Waals surface area (Å²) >= 11 is 1.68. The molecule has 0 aliphatic heterocycles. The molecular weight excluding hydrogens is 272 g/mol. The molecule has 0 radical (unpaired) electrons. The smallest absolute Gasteiger partial charge is 0.148 e. The fourth-order valence-corrected chi connectivity index (χ4v) is 2.60. The van der Waals surface area contributed by atoms with Crippen LogP contribution < -0.4 is 16.6 Å². The first-order valence-electron chi connectivity index (χ1n) is 6.63. The molecule has 2 aromatic heterocycles. The average molecular weight is 292 g/mol. The second-order valence-corrected chi connectivity index (χ2v) is 5.87. The summed E-state index contributed by atoms with van der Waals surface area (Å²) in [4.78, 5) is 14.4. The zero-order chi connectivity index (χ0) is 14.5. The van der Waals surface area contributed by atoms with Crippen molar-refractivity contribution < 1.29 is 0 Å². The van der Waals surface area contributed by atoms with E-state index in [4.69, 9.17) is 5.84 Å². The predicted molar refractivity (Wildman–Crippen MR) is 82.8 cm³/mol. The molecule has 4 N–H and O–H groups in total. The molecule has 0 aliphatic carbocycles. The Morgan fingerprint density at radius 3 is 2.60 bits per heavy atom. The van der Waals surface area contributed by atoms with Gasteiger partial charge >= 0.3 is 0 Å². The van der Waals surface area contributed by atoms with Crippen molar-refractivity contribution in [1.29, 1.82) is 0 Å². The Morgan fingerprint density at radius 1 is 1.25 bits per heavy atom. The molecule has 0 fully saturated rings. The van der Waals surface area contributed by atoms with Crippen molar-refractivity contribution in [3.8, 4) is 0 Å². The number of rotatable bonds is 6. The topological polar surface area (TPSA) is 88.8 Å². The van der Waals surface area contributed by atoms with Crippen LogP contribution in [0.5, 0.6) is 0 Å². The molecule has 0 spiro atoms. The van der Waals surface area contributed by atoms with E-state index in [1.54, 1.807) is 11.3 Å². The first-order chi connectivity index (χ1) is 9.63. The number of hydrogen-bond donors (Lipinski definition) is 3. The van der Waals surface area contributed by atoms with Gasteiger partial charge in [0, 0.05) is 23.1 Å². The van der Waals surface area contributed by atoms with Crippen LogP contribution in [0.1, 0.15) is 34.6 Å². The fourth-order valence-electron chi connectivity index (χ4n) is 1.87. The molecule has 0 saturated carbocycles. The predicted octanol–water partition coefficient (Wildman–Crippen LogP) is 2.40. The summed E-state index contributed by atoms with van der Waals surface area (Å²) in [6.45, 7) is 6.76. The summed E-state index contributed by atoms with van der Waals surface area (Å²) in [5.74, 6) is 7.81. The van der Waals surface area contributed by atoms with Gasteiger partial charge in [-0.2, -0.15) is 0 Å². The van der Waals surface area contributed by atoms with Gasteiger partial charge in [-0.1, -0.05) is 6.92 Å². The van der Waals surface area contributed by atoms with E-state index in [1.807, 2.05) is 20.0 Å². The van der Waals surface area contributed by atoms with Gasteiger partial charge in [0.15, 0.2) is 0 Å². The molecule has 2 rings (SSSR count). The Balaban J connectivity index is 2.18. The summed E-state index contributed by atoms with van der Waals surface area (Å²) in [7, 11) is 0. The van der Waals surface area contributed by atoms with Gasteiger partial charge in [-0.3, -0.25) is 0 Å². The van der Waals surface area contributed by atoms with Crippen LogP contribution in [0.4, 0.5) is 11.6 Å². The Bertz CT molecular complexity index is 580. The highest BCUT2D eigenvalue weighted by Gasteiger charge is 2.10. The van der Waals surface area contributed by atoms with Gasteiger partial charge in [0.05, 0.1) is 11.6 Å². The second kappa shape index (κ2) is 6.62. The van der Waals surface area contributed by atoms with Crippen LogP contribution >= 0.6 is 11.3 Å². The van der Waals surface area contributed by atoms with Gasteiger partial charge in [-0.25, -0.2) is 20.8 Å². The van der Waals surface area contributed by atoms with Gasteiger partial charge in [0.25, 0.3) is 0 Å². The molecule has 0 atom stereocenters. The first kappa shape index (κ1) is 14.7. The lowest BCUT2D eigenvalue weighted by Crippen LogP contribution is -2.14. The molecule has 2 aromatic rings. The molecule has 108 valence electrons. The highest BCUT2D eigenvalue weighted by atomic mass is 32.1. The van der Waals surface area contributed by atoms with Gasteiger partial charge in [0.1, 0.15) is 17.5 Å². The fraction of sp³-hybridized carbons (Fsp3) is 0.462. The van der Waals surface area contributed by atoms with Gasteiger partial charge in [-0.05, 0) is 20.3 Å². The monoisotopic (exact) mass is 292 g/mol. The Hall–Kier alpha value is -1.73. The van der Waals surface area contributed by atoms with Gasteiger partial charge in [0.2, 0.25) is 0 Å². The van der Waals surface area contributed by atoms with Crippen LogP contribution in [-0.2, 0) is 13.0 Å². The molecule has 0 unspecified atom stereocenters. The van der Waals surface area contributed by atoms with E-state index in [0.29, 0.717) is 12.4 Å². The number of nitrogens with one attached hydrogen (secondary N) is 2. The SMILES string of the molecule is CCCc1nc(NN)c(C)c(NCc2cnc(C)s2)n1. The van der Waals surface area contributed by atoms with Crippen LogP contribution in [-0.4, -0.2) is 15.0 Å². The van der Waals surface area contributed by atoms with Crippen molar-refractivity contribution in [2.45, 2.75) is 40.2 Å². The summed E-state index contributed by atoms with van der Waals surface area (Å²) in [5.41, 5.74) is 3.56. The highest BCUT2D eigenvalue weighted by Crippen LogP contribution is 2.21. The minimum absolute atomic E-state index is 0.673. The van der Waals surface area contributed by atoms with Crippen molar-refractivity contribution in [2.24, 2.45) is 5.84 Å². The molecule has 2 heterocycles. The normalized spacial score (nSPS) is 10.6. The van der Waals surface area contributed by atoms with Crippen LogP contribution in [0.25, 0.3) is 0 Å².